The number of hydrogen-bond donors (Lipinski definition) is 0. The molecule has 32 heavy (non-hydrogen) atoms. The number of anilines is 1. The van der Waals surface area contributed by atoms with Gasteiger partial charge in [-0.05, 0) is 49.2 Å². The summed E-state index contributed by atoms with van der Waals surface area (Å²) in [6.07, 6.45) is 0.855. The Morgan fingerprint density at radius 1 is 1.12 bits per heavy atom. The fraction of sp³-hybridized carbons (Fsp3) is 0.417. The molecule has 170 valence electrons. The Morgan fingerprint density at radius 2 is 1.91 bits per heavy atom. The fourth-order valence-electron chi connectivity index (χ4n) is 3.82. The van der Waals surface area contributed by atoms with Crippen LogP contribution in [0, 0.1) is 6.92 Å². The highest BCUT2D eigenvalue weighted by molar-refractivity contribution is 7.22. The topological polar surface area (TPSA) is 64.1 Å². The van der Waals surface area contributed by atoms with Gasteiger partial charge in [-0.15, -0.1) is 0 Å². The second-order valence-electron chi connectivity index (χ2n) is 7.80. The molecule has 0 saturated carbocycles. The summed E-state index contributed by atoms with van der Waals surface area (Å²) in [5.74, 6) is 1.04. The van der Waals surface area contributed by atoms with Gasteiger partial charge >= 0.3 is 0 Å². The monoisotopic (exact) mass is 455 g/mol. The van der Waals surface area contributed by atoms with E-state index in [9.17, 15) is 4.79 Å². The third kappa shape index (κ3) is 5.03. The maximum atomic E-state index is 13.6. The number of ether oxygens (including phenoxy) is 3. The predicted octanol–water partition coefficient (Wildman–Crippen LogP) is 3.99. The Kier molecular flexibility index (Phi) is 7.24. The van der Waals surface area contributed by atoms with Crippen molar-refractivity contribution in [3.63, 3.8) is 0 Å². The van der Waals surface area contributed by atoms with Gasteiger partial charge in [-0.3, -0.25) is 14.6 Å². The quantitative estimate of drug-likeness (QED) is 0.512. The lowest BCUT2D eigenvalue weighted by atomic mass is 10.1. The van der Waals surface area contributed by atoms with E-state index in [1.807, 2.05) is 12.1 Å². The van der Waals surface area contributed by atoms with Crippen molar-refractivity contribution in [2.45, 2.75) is 13.3 Å². The van der Waals surface area contributed by atoms with Crippen LogP contribution >= 0.6 is 11.3 Å². The van der Waals surface area contributed by atoms with Crippen LogP contribution in [0.4, 0.5) is 5.13 Å². The molecule has 4 rings (SSSR count). The highest BCUT2D eigenvalue weighted by Gasteiger charge is 2.23. The number of rotatable bonds is 8. The number of carbonyl (C=O) groups is 1. The van der Waals surface area contributed by atoms with Gasteiger partial charge in [-0.2, -0.15) is 0 Å². The van der Waals surface area contributed by atoms with E-state index in [4.69, 9.17) is 19.2 Å². The lowest BCUT2D eigenvalue weighted by molar-refractivity contribution is 0.0376. The van der Waals surface area contributed by atoms with Crippen molar-refractivity contribution in [3.05, 3.63) is 47.5 Å². The normalized spacial score (nSPS) is 14.5. The smallest absolute Gasteiger partial charge is 0.260 e. The van der Waals surface area contributed by atoms with Crippen LogP contribution in [0.15, 0.2) is 36.4 Å². The molecule has 1 aliphatic rings. The van der Waals surface area contributed by atoms with Gasteiger partial charge in [0.05, 0.1) is 37.6 Å². The number of benzene rings is 2. The van der Waals surface area contributed by atoms with Gasteiger partial charge in [0.2, 0.25) is 0 Å². The van der Waals surface area contributed by atoms with E-state index in [0.717, 1.165) is 49.5 Å². The summed E-state index contributed by atoms with van der Waals surface area (Å²) in [5.41, 5.74) is 2.64. The number of fused-ring (bicyclic) bond motifs is 1. The van der Waals surface area contributed by atoms with E-state index in [1.54, 1.807) is 48.7 Å². The third-order valence-electron chi connectivity index (χ3n) is 5.60. The molecule has 8 heteroatoms. The van der Waals surface area contributed by atoms with Gasteiger partial charge in [0, 0.05) is 31.7 Å². The molecule has 1 aliphatic heterocycles. The minimum Gasteiger partial charge on any atom is -0.493 e. The average molecular weight is 456 g/mol. The van der Waals surface area contributed by atoms with Gasteiger partial charge in [0.15, 0.2) is 16.6 Å². The molecule has 1 aromatic heterocycles. The summed E-state index contributed by atoms with van der Waals surface area (Å²) in [6.45, 7) is 6.98. The van der Waals surface area contributed by atoms with E-state index < -0.39 is 0 Å². The van der Waals surface area contributed by atoms with Crippen molar-refractivity contribution in [3.8, 4) is 11.5 Å². The van der Waals surface area contributed by atoms with Gasteiger partial charge in [-0.1, -0.05) is 17.4 Å². The van der Waals surface area contributed by atoms with Crippen molar-refractivity contribution >= 4 is 32.6 Å². The molecule has 2 heterocycles. The first-order valence-corrected chi connectivity index (χ1v) is 11.6. The zero-order valence-electron chi connectivity index (χ0n) is 18.8. The molecule has 0 spiro atoms. The number of aromatic nitrogens is 1. The second kappa shape index (κ2) is 10.3. The van der Waals surface area contributed by atoms with Crippen LogP contribution in [0.2, 0.25) is 0 Å². The van der Waals surface area contributed by atoms with Crippen molar-refractivity contribution < 1.29 is 19.0 Å². The van der Waals surface area contributed by atoms with Crippen LogP contribution in [-0.4, -0.2) is 69.4 Å². The van der Waals surface area contributed by atoms with Gasteiger partial charge in [0.25, 0.3) is 5.91 Å². The average Bonchev–Trinajstić information content (AvgIpc) is 3.24. The van der Waals surface area contributed by atoms with Crippen LogP contribution in [0.3, 0.4) is 0 Å². The van der Waals surface area contributed by atoms with Crippen LogP contribution < -0.4 is 14.4 Å². The maximum Gasteiger partial charge on any atom is 0.260 e. The van der Waals surface area contributed by atoms with E-state index in [2.05, 4.69) is 17.9 Å². The Labute approximate surface area is 192 Å². The summed E-state index contributed by atoms with van der Waals surface area (Å²) < 4.78 is 17.3. The molecule has 1 amide bonds. The molecular weight excluding hydrogens is 426 g/mol. The highest BCUT2D eigenvalue weighted by atomic mass is 32.1. The number of carbonyl (C=O) groups excluding carboxylic acids is 1. The molecular formula is C24H29N3O4S. The molecule has 0 radical (unpaired) electrons. The van der Waals surface area contributed by atoms with Crippen LogP contribution in [-0.2, 0) is 4.74 Å². The summed E-state index contributed by atoms with van der Waals surface area (Å²) in [6, 6.07) is 11.4. The number of nitrogens with zero attached hydrogens (tertiary/aromatic N) is 3. The van der Waals surface area contributed by atoms with Crippen molar-refractivity contribution in [1.82, 2.24) is 9.88 Å². The zero-order valence-corrected chi connectivity index (χ0v) is 19.6. The molecule has 1 saturated heterocycles. The van der Waals surface area contributed by atoms with E-state index >= 15 is 0 Å². The lowest BCUT2D eigenvalue weighted by Gasteiger charge is -2.27. The molecule has 3 aromatic rings. The first kappa shape index (κ1) is 22.5. The van der Waals surface area contributed by atoms with E-state index in [0.29, 0.717) is 28.7 Å². The number of aryl methyl sites for hydroxylation is 1. The Morgan fingerprint density at radius 3 is 2.66 bits per heavy atom. The minimum atomic E-state index is -0.0938. The maximum absolute atomic E-state index is 13.6. The number of hydrogen-bond acceptors (Lipinski definition) is 7. The van der Waals surface area contributed by atoms with E-state index in [-0.39, 0.29) is 5.91 Å². The molecule has 0 N–H and O–H groups in total. The lowest BCUT2D eigenvalue weighted by Crippen LogP contribution is -2.39. The number of morpholine rings is 1. The molecule has 7 nitrogen and oxygen atoms in total. The van der Waals surface area contributed by atoms with E-state index in [1.165, 1.54) is 5.56 Å². The van der Waals surface area contributed by atoms with Crippen LogP contribution in [0.1, 0.15) is 22.3 Å². The SMILES string of the molecule is COc1ccc(C(=O)N(CCCN2CCOCC2)c2nc3ccc(C)cc3s2)cc1OC. The zero-order chi connectivity index (χ0) is 22.5. The Balaban J connectivity index is 1.60. The Bertz CT molecular complexity index is 1080. The summed E-state index contributed by atoms with van der Waals surface area (Å²) in [5, 5.41) is 0.715. The molecule has 0 aliphatic carbocycles. The first-order valence-electron chi connectivity index (χ1n) is 10.8. The van der Waals surface area contributed by atoms with Gasteiger partial charge < -0.3 is 14.2 Å². The van der Waals surface area contributed by atoms with Crippen molar-refractivity contribution in [1.29, 1.82) is 0 Å². The standard InChI is InChI=1S/C24H29N3O4S/c1-17-5-7-19-22(15-17)32-24(25-19)27(10-4-9-26-11-13-31-14-12-26)23(28)18-6-8-20(29-2)21(16-18)30-3/h5-8,15-16H,4,9-14H2,1-3H3. The largest absolute Gasteiger partial charge is 0.493 e. The highest BCUT2D eigenvalue weighted by Crippen LogP contribution is 2.32. The molecule has 0 atom stereocenters. The molecule has 1 fully saturated rings. The second-order valence-corrected chi connectivity index (χ2v) is 8.81. The molecule has 0 bridgehead atoms. The molecule has 2 aromatic carbocycles. The Hall–Kier alpha value is -2.68. The summed E-state index contributed by atoms with van der Waals surface area (Å²) in [4.78, 5) is 22.6. The minimum absolute atomic E-state index is 0.0938. The van der Waals surface area contributed by atoms with Crippen LogP contribution in [0.5, 0.6) is 11.5 Å². The fourth-order valence-corrected chi connectivity index (χ4v) is 4.91. The van der Waals surface area contributed by atoms with Gasteiger partial charge in [0.1, 0.15) is 0 Å². The third-order valence-corrected chi connectivity index (χ3v) is 6.64. The summed E-state index contributed by atoms with van der Waals surface area (Å²) >= 11 is 1.55. The first-order chi connectivity index (χ1) is 15.6. The van der Waals surface area contributed by atoms with Gasteiger partial charge in [-0.25, -0.2) is 4.98 Å². The number of thiazole rings is 1. The predicted molar refractivity (Wildman–Crippen MR) is 127 cm³/mol. The number of methoxy groups -OCH3 is 2. The number of amides is 1. The molecule has 0 unspecified atom stereocenters. The van der Waals surface area contributed by atoms with Crippen LogP contribution in [0.25, 0.3) is 10.2 Å². The summed E-state index contributed by atoms with van der Waals surface area (Å²) in [7, 11) is 3.16. The van der Waals surface area contributed by atoms with Crippen molar-refractivity contribution in [2.75, 3.05) is 58.5 Å². The van der Waals surface area contributed by atoms with Crippen molar-refractivity contribution in [2.24, 2.45) is 0 Å².